The second-order valence-electron chi connectivity index (χ2n) is 6.30. The molecular weight excluding hydrogens is 274 g/mol. The molecule has 1 aliphatic rings. The number of fused-ring (bicyclic) bond motifs is 3. The van der Waals surface area contributed by atoms with E-state index in [0.717, 1.165) is 34.7 Å². The van der Waals surface area contributed by atoms with Gasteiger partial charge >= 0.3 is 0 Å². The van der Waals surface area contributed by atoms with E-state index in [9.17, 15) is 0 Å². The smallest absolute Gasteiger partial charge is 0.225 e. The van der Waals surface area contributed by atoms with Gasteiger partial charge in [0, 0.05) is 6.07 Å². The number of ether oxygens (including phenoxy) is 1. The van der Waals surface area contributed by atoms with E-state index in [1.165, 1.54) is 32.1 Å². The average molecular weight is 295 g/mol. The van der Waals surface area contributed by atoms with Crippen molar-refractivity contribution in [3.8, 4) is 5.88 Å². The normalized spacial score (nSPS) is 16.4. The molecule has 4 nitrogen and oxygen atoms in total. The summed E-state index contributed by atoms with van der Waals surface area (Å²) in [6.45, 7) is 2.77. The van der Waals surface area contributed by atoms with Crippen molar-refractivity contribution >= 4 is 16.6 Å². The minimum Gasteiger partial charge on any atom is -0.477 e. The molecule has 0 unspecified atom stereocenters. The molecule has 4 rings (SSSR count). The van der Waals surface area contributed by atoms with E-state index in [-0.39, 0.29) is 0 Å². The Balaban J connectivity index is 1.71. The minimum absolute atomic E-state index is 0.678. The second kappa shape index (κ2) is 5.59. The van der Waals surface area contributed by atoms with Gasteiger partial charge in [-0.25, -0.2) is 4.52 Å². The third-order valence-corrected chi connectivity index (χ3v) is 4.57. The van der Waals surface area contributed by atoms with E-state index in [2.05, 4.69) is 22.2 Å². The summed E-state index contributed by atoms with van der Waals surface area (Å²) < 4.78 is 8.02. The number of aromatic nitrogens is 3. The first-order chi connectivity index (χ1) is 10.8. The fourth-order valence-corrected chi connectivity index (χ4v) is 3.41. The van der Waals surface area contributed by atoms with Crippen molar-refractivity contribution < 1.29 is 4.74 Å². The van der Waals surface area contributed by atoms with Crippen molar-refractivity contribution in [2.24, 2.45) is 5.92 Å². The molecule has 0 amide bonds. The van der Waals surface area contributed by atoms with Crippen molar-refractivity contribution in [1.29, 1.82) is 0 Å². The third-order valence-electron chi connectivity index (χ3n) is 4.57. The van der Waals surface area contributed by atoms with Crippen molar-refractivity contribution in [3.63, 3.8) is 0 Å². The van der Waals surface area contributed by atoms with Crippen molar-refractivity contribution in [2.75, 3.05) is 6.61 Å². The molecule has 1 aromatic carbocycles. The fourth-order valence-electron chi connectivity index (χ4n) is 3.41. The minimum atomic E-state index is 0.678. The van der Waals surface area contributed by atoms with E-state index in [0.29, 0.717) is 5.92 Å². The van der Waals surface area contributed by atoms with Gasteiger partial charge in [-0.2, -0.15) is 10.1 Å². The zero-order valence-corrected chi connectivity index (χ0v) is 13.0. The molecule has 0 bridgehead atoms. The molecule has 0 atom stereocenters. The van der Waals surface area contributed by atoms with Crippen LogP contribution in [0, 0.1) is 12.8 Å². The molecule has 0 N–H and O–H groups in total. The summed E-state index contributed by atoms with van der Waals surface area (Å²) in [5.41, 5.74) is 2.89. The number of rotatable bonds is 3. The summed E-state index contributed by atoms with van der Waals surface area (Å²) in [5, 5.41) is 5.57. The Bertz CT molecular complexity index is 803. The Hall–Kier alpha value is -2.10. The van der Waals surface area contributed by atoms with Gasteiger partial charge in [-0.05, 0) is 37.8 Å². The molecule has 22 heavy (non-hydrogen) atoms. The van der Waals surface area contributed by atoms with E-state index in [1.54, 1.807) is 0 Å². The predicted molar refractivity (Wildman–Crippen MR) is 87.3 cm³/mol. The lowest BCUT2D eigenvalue weighted by Gasteiger charge is -2.21. The van der Waals surface area contributed by atoms with Crippen LogP contribution in [0.4, 0.5) is 0 Å². The lowest BCUT2D eigenvalue weighted by molar-refractivity contribution is 0.205. The van der Waals surface area contributed by atoms with Crippen molar-refractivity contribution in [1.82, 2.24) is 14.6 Å². The Morgan fingerprint density at radius 1 is 1.18 bits per heavy atom. The Morgan fingerprint density at radius 3 is 2.86 bits per heavy atom. The lowest BCUT2D eigenvalue weighted by atomic mass is 9.90. The number of nitrogens with zero attached hydrogens (tertiary/aromatic N) is 3. The SMILES string of the molecule is Cc1cc2nc(OCC3CCCCC3)c3ccccc3n2n1. The second-order valence-corrected chi connectivity index (χ2v) is 6.30. The van der Waals surface area contributed by atoms with Crippen molar-refractivity contribution in [3.05, 3.63) is 36.0 Å². The molecule has 4 heteroatoms. The third kappa shape index (κ3) is 2.43. The highest BCUT2D eigenvalue weighted by molar-refractivity contribution is 5.85. The quantitative estimate of drug-likeness (QED) is 0.728. The van der Waals surface area contributed by atoms with Crippen LogP contribution in [-0.4, -0.2) is 21.2 Å². The molecule has 0 spiro atoms. The highest BCUT2D eigenvalue weighted by atomic mass is 16.5. The summed E-state index contributed by atoms with van der Waals surface area (Å²) in [7, 11) is 0. The summed E-state index contributed by atoms with van der Waals surface area (Å²) in [5.74, 6) is 1.42. The average Bonchev–Trinajstić information content (AvgIpc) is 2.94. The number of aryl methyl sites for hydroxylation is 1. The van der Waals surface area contributed by atoms with Gasteiger partial charge in [0.15, 0.2) is 5.65 Å². The summed E-state index contributed by atoms with van der Waals surface area (Å²) in [6, 6.07) is 10.2. The van der Waals surface area contributed by atoms with E-state index in [4.69, 9.17) is 4.74 Å². The first-order valence-electron chi connectivity index (χ1n) is 8.19. The zero-order valence-electron chi connectivity index (χ0n) is 13.0. The molecule has 2 aromatic heterocycles. The summed E-state index contributed by atoms with van der Waals surface area (Å²) in [6.07, 6.45) is 6.61. The zero-order chi connectivity index (χ0) is 14.9. The van der Waals surface area contributed by atoms with Gasteiger partial charge in [0.25, 0.3) is 0 Å². The molecule has 1 fully saturated rings. The topological polar surface area (TPSA) is 39.4 Å². The first-order valence-corrected chi connectivity index (χ1v) is 8.19. The maximum absolute atomic E-state index is 6.12. The van der Waals surface area contributed by atoms with Crippen LogP contribution in [0.15, 0.2) is 30.3 Å². The number of para-hydroxylation sites is 1. The standard InChI is InChI=1S/C18H21N3O/c1-13-11-17-19-18(22-12-14-7-3-2-4-8-14)15-9-5-6-10-16(15)21(17)20-13/h5-6,9-11,14H,2-4,7-8,12H2,1H3. The van der Waals surface area contributed by atoms with E-state index in [1.807, 2.05) is 29.6 Å². The molecule has 1 aliphatic carbocycles. The van der Waals surface area contributed by atoms with Crippen LogP contribution in [-0.2, 0) is 0 Å². The Labute approximate surface area is 130 Å². The van der Waals surface area contributed by atoms with Crippen LogP contribution in [0.25, 0.3) is 16.6 Å². The molecule has 114 valence electrons. The van der Waals surface area contributed by atoms with Crippen molar-refractivity contribution in [2.45, 2.75) is 39.0 Å². The van der Waals surface area contributed by atoms with E-state index < -0.39 is 0 Å². The number of hydrogen-bond donors (Lipinski definition) is 0. The van der Waals surface area contributed by atoms with Gasteiger partial charge in [0.1, 0.15) is 0 Å². The molecule has 0 saturated heterocycles. The number of benzene rings is 1. The Morgan fingerprint density at radius 2 is 2.00 bits per heavy atom. The van der Waals surface area contributed by atoms with Gasteiger partial charge in [-0.1, -0.05) is 31.4 Å². The monoisotopic (exact) mass is 295 g/mol. The molecule has 2 heterocycles. The molecule has 3 aromatic rings. The van der Waals surface area contributed by atoms with Crippen LogP contribution in [0.2, 0.25) is 0 Å². The molecular formula is C18H21N3O. The van der Waals surface area contributed by atoms with Crippen LogP contribution < -0.4 is 4.74 Å². The summed E-state index contributed by atoms with van der Waals surface area (Å²) in [4.78, 5) is 4.69. The maximum atomic E-state index is 6.12. The van der Waals surface area contributed by atoms with Gasteiger partial charge in [-0.15, -0.1) is 0 Å². The number of hydrogen-bond acceptors (Lipinski definition) is 3. The van der Waals surface area contributed by atoms with Crippen LogP contribution in [0.5, 0.6) is 5.88 Å². The van der Waals surface area contributed by atoms with E-state index >= 15 is 0 Å². The van der Waals surface area contributed by atoms with Gasteiger partial charge in [0.2, 0.25) is 5.88 Å². The van der Waals surface area contributed by atoms with Crippen LogP contribution >= 0.6 is 0 Å². The highest BCUT2D eigenvalue weighted by Crippen LogP contribution is 2.28. The van der Waals surface area contributed by atoms with Gasteiger partial charge in [0.05, 0.1) is 23.2 Å². The van der Waals surface area contributed by atoms with Crippen LogP contribution in [0.1, 0.15) is 37.8 Å². The lowest BCUT2D eigenvalue weighted by Crippen LogP contribution is -2.16. The molecule has 0 radical (unpaired) electrons. The fraction of sp³-hybridized carbons (Fsp3) is 0.444. The first kappa shape index (κ1) is 13.6. The summed E-state index contributed by atoms with van der Waals surface area (Å²) >= 11 is 0. The van der Waals surface area contributed by atoms with Gasteiger partial charge in [-0.3, -0.25) is 0 Å². The largest absolute Gasteiger partial charge is 0.477 e. The Kier molecular flexibility index (Phi) is 3.45. The molecule has 1 saturated carbocycles. The molecule has 0 aliphatic heterocycles. The van der Waals surface area contributed by atoms with Crippen LogP contribution in [0.3, 0.4) is 0 Å². The maximum Gasteiger partial charge on any atom is 0.225 e. The highest BCUT2D eigenvalue weighted by Gasteiger charge is 2.16. The van der Waals surface area contributed by atoms with Gasteiger partial charge < -0.3 is 4.74 Å². The predicted octanol–water partition coefficient (Wildman–Crippen LogP) is 4.15.